The molecule has 3 atom stereocenters. The summed E-state index contributed by atoms with van der Waals surface area (Å²) in [7, 11) is 4.12. The van der Waals surface area contributed by atoms with E-state index in [9.17, 15) is 0 Å². The number of piperidine rings is 1. The average molecular weight is 271 g/mol. The molecule has 108 valence electrons. The van der Waals surface area contributed by atoms with Gasteiger partial charge in [0.2, 0.25) is 0 Å². The number of rotatable bonds is 1. The molecule has 4 rings (SSSR count). The van der Waals surface area contributed by atoms with Crippen LogP contribution in [-0.2, 0) is 11.8 Å². The lowest BCUT2D eigenvalue weighted by molar-refractivity contribution is 0.00274. The Labute approximate surface area is 122 Å². The zero-order valence-electron chi connectivity index (χ0n) is 12.7. The van der Waals surface area contributed by atoms with E-state index in [1.54, 1.807) is 18.2 Å². The van der Waals surface area contributed by atoms with Crippen LogP contribution in [0.25, 0.3) is 0 Å². The highest BCUT2D eigenvalue weighted by molar-refractivity contribution is 5.45. The normalized spacial score (nSPS) is 36.1. The van der Waals surface area contributed by atoms with E-state index >= 15 is 0 Å². The van der Waals surface area contributed by atoms with Gasteiger partial charge in [-0.1, -0.05) is 18.9 Å². The van der Waals surface area contributed by atoms with Crippen LogP contribution in [0.3, 0.4) is 0 Å². The molecule has 1 heterocycles. The summed E-state index contributed by atoms with van der Waals surface area (Å²) in [5.74, 6) is 1.91. The molecule has 0 radical (unpaired) electrons. The SMILES string of the molecule is COc1ccc2c(c1)C13CCCC[C@@H]1C(C2)N(C)CC3. The van der Waals surface area contributed by atoms with Gasteiger partial charge < -0.3 is 9.64 Å². The minimum atomic E-state index is 0.456. The molecule has 2 nitrogen and oxygen atoms in total. The second-order valence-electron chi connectivity index (χ2n) is 7.03. The molecule has 2 fully saturated rings. The fraction of sp³-hybridized carbons (Fsp3) is 0.667. The van der Waals surface area contributed by atoms with Gasteiger partial charge in [-0.15, -0.1) is 0 Å². The van der Waals surface area contributed by atoms with Gasteiger partial charge in [-0.05, 0) is 68.5 Å². The van der Waals surface area contributed by atoms with Crippen molar-refractivity contribution < 1.29 is 4.74 Å². The van der Waals surface area contributed by atoms with Gasteiger partial charge in [-0.3, -0.25) is 0 Å². The Balaban J connectivity index is 1.88. The lowest BCUT2D eigenvalue weighted by Gasteiger charge is -2.58. The van der Waals surface area contributed by atoms with Gasteiger partial charge in [0.25, 0.3) is 0 Å². The molecule has 0 amide bonds. The Kier molecular flexibility index (Phi) is 2.85. The summed E-state index contributed by atoms with van der Waals surface area (Å²) < 4.78 is 5.51. The van der Waals surface area contributed by atoms with E-state index < -0.39 is 0 Å². The predicted octanol–water partition coefficient (Wildman–Crippen LogP) is 3.38. The van der Waals surface area contributed by atoms with Crippen molar-refractivity contribution in [2.75, 3.05) is 20.7 Å². The number of ether oxygens (including phenoxy) is 1. The molecule has 0 spiro atoms. The molecular weight excluding hydrogens is 246 g/mol. The molecule has 3 aliphatic rings. The number of fused-ring (bicyclic) bond motifs is 1. The van der Waals surface area contributed by atoms with Crippen LogP contribution in [0.2, 0.25) is 0 Å². The van der Waals surface area contributed by atoms with Crippen LogP contribution < -0.4 is 4.74 Å². The van der Waals surface area contributed by atoms with E-state index in [2.05, 4.69) is 30.1 Å². The number of likely N-dealkylation sites (tertiary alicyclic amines) is 1. The predicted molar refractivity (Wildman–Crippen MR) is 81.4 cm³/mol. The molecule has 2 heteroatoms. The van der Waals surface area contributed by atoms with E-state index in [1.807, 2.05) is 0 Å². The lowest BCUT2D eigenvalue weighted by atomic mass is 9.52. The molecule has 2 bridgehead atoms. The summed E-state index contributed by atoms with van der Waals surface area (Å²) in [5, 5.41) is 0. The molecule has 1 aromatic rings. The first-order valence-electron chi connectivity index (χ1n) is 8.12. The monoisotopic (exact) mass is 271 g/mol. The van der Waals surface area contributed by atoms with Crippen molar-refractivity contribution in [2.24, 2.45) is 5.92 Å². The second kappa shape index (κ2) is 4.49. The zero-order chi connectivity index (χ0) is 13.7. The minimum Gasteiger partial charge on any atom is -0.497 e. The topological polar surface area (TPSA) is 12.5 Å². The van der Waals surface area contributed by atoms with Crippen molar-refractivity contribution in [3.8, 4) is 5.75 Å². The van der Waals surface area contributed by atoms with Crippen molar-refractivity contribution in [3.63, 3.8) is 0 Å². The maximum Gasteiger partial charge on any atom is 0.119 e. The molecule has 1 saturated heterocycles. The largest absolute Gasteiger partial charge is 0.497 e. The van der Waals surface area contributed by atoms with Gasteiger partial charge in [-0.25, -0.2) is 0 Å². The van der Waals surface area contributed by atoms with Gasteiger partial charge in [-0.2, -0.15) is 0 Å². The highest BCUT2D eigenvalue weighted by atomic mass is 16.5. The number of hydrogen-bond acceptors (Lipinski definition) is 2. The third kappa shape index (κ3) is 1.60. The summed E-state index contributed by atoms with van der Waals surface area (Å²) in [6, 6.07) is 7.60. The van der Waals surface area contributed by atoms with Crippen molar-refractivity contribution in [1.82, 2.24) is 4.90 Å². The number of likely N-dealkylation sites (N-methyl/N-ethyl adjacent to an activating group) is 1. The number of nitrogens with zero attached hydrogens (tertiary/aromatic N) is 1. The molecule has 2 aliphatic carbocycles. The number of benzene rings is 1. The Hall–Kier alpha value is -1.02. The smallest absolute Gasteiger partial charge is 0.119 e. The van der Waals surface area contributed by atoms with Gasteiger partial charge in [0.1, 0.15) is 5.75 Å². The van der Waals surface area contributed by atoms with Crippen LogP contribution in [0, 0.1) is 5.92 Å². The maximum absolute atomic E-state index is 5.51. The second-order valence-corrected chi connectivity index (χ2v) is 7.03. The van der Waals surface area contributed by atoms with E-state index in [-0.39, 0.29) is 0 Å². The van der Waals surface area contributed by atoms with Gasteiger partial charge >= 0.3 is 0 Å². The summed E-state index contributed by atoms with van der Waals surface area (Å²) >= 11 is 0. The van der Waals surface area contributed by atoms with Crippen molar-refractivity contribution >= 4 is 0 Å². The van der Waals surface area contributed by atoms with E-state index in [1.165, 1.54) is 45.1 Å². The van der Waals surface area contributed by atoms with E-state index in [0.717, 1.165) is 17.7 Å². The van der Waals surface area contributed by atoms with Crippen LogP contribution in [-0.4, -0.2) is 31.6 Å². The highest BCUT2D eigenvalue weighted by Crippen LogP contribution is 2.55. The molecular formula is C18H25NO. The van der Waals surface area contributed by atoms with Crippen molar-refractivity contribution in [3.05, 3.63) is 29.3 Å². The van der Waals surface area contributed by atoms with Gasteiger partial charge in [0.05, 0.1) is 7.11 Å². The molecule has 1 aromatic carbocycles. The van der Waals surface area contributed by atoms with Gasteiger partial charge in [0.15, 0.2) is 0 Å². The fourth-order valence-corrected chi connectivity index (χ4v) is 5.30. The van der Waals surface area contributed by atoms with E-state index in [4.69, 9.17) is 4.74 Å². The van der Waals surface area contributed by atoms with Crippen molar-refractivity contribution in [1.29, 1.82) is 0 Å². The van der Waals surface area contributed by atoms with E-state index in [0.29, 0.717) is 5.41 Å². The lowest BCUT2D eigenvalue weighted by Crippen LogP contribution is -2.59. The molecule has 1 saturated carbocycles. The third-order valence-corrected chi connectivity index (χ3v) is 6.32. The first-order chi connectivity index (χ1) is 9.74. The first-order valence-corrected chi connectivity index (χ1v) is 8.12. The number of methoxy groups -OCH3 is 1. The van der Waals surface area contributed by atoms with Crippen LogP contribution >= 0.6 is 0 Å². The Morgan fingerprint density at radius 1 is 1.25 bits per heavy atom. The Bertz CT molecular complexity index is 526. The third-order valence-electron chi connectivity index (χ3n) is 6.32. The quantitative estimate of drug-likeness (QED) is 0.776. The molecule has 0 N–H and O–H groups in total. The fourth-order valence-electron chi connectivity index (χ4n) is 5.30. The van der Waals surface area contributed by atoms with Crippen LogP contribution in [0.5, 0.6) is 5.75 Å². The zero-order valence-corrected chi connectivity index (χ0v) is 12.7. The number of hydrogen-bond donors (Lipinski definition) is 0. The average Bonchev–Trinajstić information content (AvgIpc) is 2.50. The Morgan fingerprint density at radius 3 is 3.00 bits per heavy atom. The Morgan fingerprint density at radius 2 is 2.15 bits per heavy atom. The van der Waals surface area contributed by atoms with Crippen LogP contribution in [0.1, 0.15) is 43.2 Å². The molecule has 20 heavy (non-hydrogen) atoms. The summed E-state index contributed by atoms with van der Waals surface area (Å²) in [6.07, 6.45) is 8.22. The molecule has 0 aromatic heterocycles. The van der Waals surface area contributed by atoms with Crippen molar-refractivity contribution in [2.45, 2.75) is 50.0 Å². The highest BCUT2D eigenvalue weighted by Gasteiger charge is 2.53. The summed E-state index contributed by atoms with van der Waals surface area (Å²) in [4.78, 5) is 2.63. The van der Waals surface area contributed by atoms with Gasteiger partial charge in [0, 0.05) is 11.5 Å². The maximum atomic E-state index is 5.51. The molecule has 1 aliphatic heterocycles. The van der Waals surface area contributed by atoms with Crippen LogP contribution in [0.4, 0.5) is 0 Å². The minimum absolute atomic E-state index is 0.456. The first kappa shape index (κ1) is 12.7. The van der Waals surface area contributed by atoms with Crippen LogP contribution in [0.15, 0.2) is 18.2 Å². The summed E-state index contributed by atoms with van der Waals surface area (Å²) in [5.41, 5.74) is 3.67. The summed E-state index contributed by atoms with van der Waals surface area (Å²) in [6.45, 7) is 1.26. The molecule has 2 unspecified atom stereocenters. The standard InChI is InChI=1S/C18H25NO/c1-19-10-9-18-8-4-3-5-15(18)17(19)11-13-6-7-14(20-2)12-16(13)18/h6-7,12,15,17H,3-5,8-11H2,1-2H3/t15-,17?,18?/m1/s1.